The molecular weight excluding hydrogens is 449 g/mol. The third-order valence-corrected chi connectivity index (χ3v) is 5.56. The fourth-order valence-corrected chi connectivity index (χ4v) is 3.76. The molecule has 32 heavy (non-hydrogen) atoms. The Bertz CT molecular complexity index is 630. The fourth-order valence-electron chi connectivity index (χ4n) is 3.31. The maximum atomic E-state index is 11.2. The molecule has 0 unspecified atom stereocenters. The molecule has 1 rings (SSSR count). The van der Waals surface area contributed by atoms with E-state index in [0.717, 1.165) is 0 Å². The average molecular weight is 483 g/mol. The second kappa shape index (κ2) is 14.5. The molecule has 0 spiro atoms. The molecule has 0 amide bonds. The Balaban J connectivity index is 2.84. The highest BCUT2D eigenvalue weighted by Crippen LogP contribution is 2.31. The van der Waals surface area contributed by atoms with Crippen molar-refractivity contribution in [2.75, 3.05) is 91.4 Å². The number of aliphatic carboxylic acids is 3. The maximum Gasteiger partial charge on any atom is 0.339 e. The lowest BCUT2D eigenvalue weighted by atomic mass is 10.3. The summed E-state index contributed by atoms with van der Waals surface area (Å²) in [5, 5.41) is 30.2. The van der Waals surface area contributed by atoms with Crippen molar-refractivity contribution in [1.29, 1.82) is 0 Å². The van der Waals surface area contributed by atoms with Gasteiger partial charge >= 0.3 is 25.5 Å². The molecule has 0 aromatic heterocycles. The molecule has 14 nitrogen and oxygen atoms in total. The first kappa shape index (κ1) is 28.4. The fraction of sp³-hybridized carbons (Fsp3) is 0.824. The van der Waals surface area contributed by atoms with Gasteiger partial charge in [-0.1, -0.05) is 0 Å². The normalized spacial score (nSPS) is 19.2. The summed E-state index contributed by atoms with van der Waals surface area (Å²) in [6.07, 6.45) is -0.448. The van der Waals surface area contributed by atoms with Gasteiger partial charge in [-0.2, -0.15) is 0 Å². The predicted octanol–water partition coefficient (Wildman–Crippen LogP) is -2.81. The smallest absolute Gasteiger partial charge is 0.339 e. The Kier molecular flexibility index (Phi) is 12.9. The van der Waals surface area contributed by atoms with Crippen LogP contribution in [0, 0.1) is 0 Å². The largest absolute Gasteiger partial charge is 0.480 e. The van der Waals surface area contributed by atoms with Crippen LogP contribution in [-0.2, 0) is 18.9 Å². The molecule has 0 bridgehead atoms. The third-order valence-electron chi connectivity index (χ3n) is 4.93. The van der Waals surface area contributed by atoms with E-state index >= 15 is 0 Å². The van der Waals surface area contributed by atoms with E-state index in [-0.39, 0.29) is 19.6 Å². The van der Waals surface area contributed by atoms with Gasteiger partial charge in [0, 0.05) is 65.4 Å². The molecule has 1 aliphatic heterocycles. The Labute approximate surface area is 186 Å². The van der Waals surface area contributed by atoms with Crippen molar-refractivity contribution in [1.82, 2.24) is 24.9 Å². The third kappa shape index (κ3) is 14.4. The zero-order valence-corrected chi connectivity index (χ0v) is 18.9. The molecule has 1 fully saturated rings. The summed E-state index contributed by atoms with van der Waals surface area (Å²) >= 11 is 0. The van der Waals surface area contributed by atoms with Crippen molar-refractivity contribution < 1.29 is 44.1 Å². The van der Waals surface area contributed by atoms with Gasteiger partial charge in [0.15, 0.2) is 0 Å². The van der Waals surface area contributed by atoms with Crippen molar-refractivity contribution in [3.05, 3.63) is 0 Å². The lowest BCUT2D eigenvalue weighted by Crippen LogP contribution is -2.49. The minimum Gasteiger partial charge on any atom is -0.480 e. The van der Waals surface area contributed by atoms with Crippen molar-refractivity contribution in [2.24, 2.45) is 0 Å². The van der Waals surface area contributed by atoms with E-state index in [9.17, 15) is 29.2 Å². The van der Waals surface area contributed by atoms with Crippen LogP contribution in [-0.4, -0.2) is 154 Å². The number of carboxylic acid groups (broad SMARTS) is 3. The van der Waals surface area contributed by atoms with Crippen molar-refractivity contribution in [2.45, 2.75) is 0 Å². The summed E-state index contributed by atoms with van der Waals surface area (Å²) < 4.78 is 11.0. The number of nitrogens with one attached hydrogen (secondary N) is 1. The van der Waals surface area contributed by atoms with E-state index < -0.39 is 31.8 Å². The van der Waals surface area contributed by atoms with Gasteiger partial charge in [0.05, 0.1) is 25.9 Å². The van der Waals surface area contributed by atoms with Crippen molar-refractivity contribution in [3.63, 3.8) is 0 Å². The van der Waals surface area contributed by atoms with Gasteiger partial charge in [0.2, 0.25) is 0 Å². The van der Waals surface area contributed by atoms with Crippen molar-refractivity contribution >= 4 is 25.5 Å². The second-order valence-corrected chi connectivity index (χ2v) is 9.32. The molecule has 0 aromatic rings. The minimum atomic E-state index is -4.17. The highest BCUT2D eigenvalue weighted by molar-refractivity contribution is 7.51. The van der Waals surface area contributed by atoms with Crippen LogP contribution in [0.5, 0.6) is 0 Å². The number of hydrogen-bond donors (Lipinski definition) is 6. The number of rotatable bonds is 11. The van der Waals surface area contributed by atoms with E-state index in [2.05, 4.69) is 5.32 Å². The molecular formula is C17H34N5O9P. The van der Waals surface area contributed by atoms with Crippen LogP contribution >= 0.6 is 7.60 Å². The topological polar surface area (TPSA) is 194 Å². The summed E-state index contributed by atoms with van der Waals surface area (Å²) in [5.74, 6) is -3.01. The van der Waals surface area contributed by atoms with Crippen molar-refractivity contribution in [3.8, 4) is 0 Å². The quantitative estimate of drug-likeness (QED) is 0.130. The minimum absolute atomic E-state index is 0.198. The molecule has 6 N–H and O–H groups in total. The first-order valence-corrected chi connectivity index (χ1v) is 12.0. The van der Waals surface area contributed by atoms with Crippen LogP contribution < -0.4 is 5.32 Å². The first-order valence-electron chi connectivity index (χ1n) is 10.2. The zero-order chi connectivity index (χ0) is 24.1. The maximum absolute atomic E-state index is 11.2. The standard InChI is InChI=1S/C17H34N5O9P/c23-15(24)11-20-5-3-19(2-1-18-14-32(29,30)31)4-6-21(12-16(25)26)8-10-22(9-7-20)13-17(27)28/h18H,1-14H2,(H,23,24)(H,25,26)(H,27,28)(H2,29,30,31). The van der Waals surface area contributed by atoms with Gasteiger partial charge in [-0.05, 0) is 0 Å². The number of carboxylic acids is 3. The Hall–Kier alpha value is -1.64. The van der Waals surface area contributed by atoms with Gasteiger partial charge in [0.1, 0.15) is 0 Å². The number of carbonyl (C=O) groups is 3. The van der Waals surface area contributed by atoms with E-state index in [1.165, 1.54) is 0 Å². The molecule has 0 atom stereocenters. The molecule has 0 radical (unpaired) electrons. The molecule has 0 aromatic carbocycles. The Morgan fingerprint density at radius 2 is 0.969 bits per heavy atom. The average Bonchev–Trinajstić information content (AvgIpc) is 2.64. The van der Waals surface area contributed by atoms with Gasteiger partial charge in [0.25, 0.3) is 0 Å². The van der Waals surface area contributed by atoms with Gasteiger partial charge in [-0.15, -0.1) is 0 Å². The first-order chi connectivity index (χ1) is 14.9. The lowest BCUT2D eigenvalue weighted by Gasteiger charge is -2.33. The molecule has 1 heterocycles. The number of nitrogens with zero attached hydrogens (tertiary/aromatic N) is 4. The van der Waals surface area contributed by atoms with Gasteiger partial charge < -0.3 is 30.4 Å². The summed E-state index contributed by atoms with van der Waals surface area (Å²) in [7, 11) is -4.17. The van der Waals surface area contributed by atoms with E-state index in [1.807, 2.05) is 4.90 Å². The van der Waals surface area contributed by atoms with Gasteiger partial charge in [-0.25, -0.2) is 0 Å². The molecule has 1 aliphatic rings. The molecule has 1 saturated heterocycles. The SMILES string of the molecule is O=C(O)CN1CCN(CCNCP(=O)(O)O)CCN(CC(=O)O)CCN(CC(=O)O)CC1. The lowest BCUT2D eigenvalue weighted by molar-refractivity contribution is -0.140. The van der Waals surface area contributed by atoms with E-state index in [0.29, 0.717) is 65.4 Å². The van der Waals surface area contributed by atoms with Crippen LogP contribution in [0.3, 0.4) is 0 Å². The van der Waals surface area contributed by atoms with E-state index in [4.69, 9.17) is 14.9 Å². The number of hydrogen-bond acceptors (Lipinski definition) is 9. The summed E-state index contributed by atoms with van der Waals surface area (Å²) in [5.41, 5.74) is 0. The van der Waals surface area contributed by atoms with Gasteiger partial charge in [-0.3, -0.25) is 38.5 Å². The van der Waals surface area contributed by atoms with Crippen LogP contribution in [0.15, 0.2) is 0 Å². The summed E-state index contributed by atoms with van der Waals surface area (Å²) in [6.45, 7) is 3.15. The molecule has 186 valence electrons. The second-order valence-electron chi connectivity index (χ2n) is 7.67. The van der Waals surface area contributed by atoms with E-state index in [1.54, 1.807) is 14.7 Å². The van der Waals surface area contributed by atoms with Crippen LogP contribution in [0.4, 0.5) is 0 Å². The monoisotopic (exact) mass is 483 g/mol. The zero-order valence-electron chi connectivity index (χ0n) is 18.0. The summed E-state index contributed by atoms with van der Waals surface area (Å²) in [4.78, 5) is 58.6. The van der Waals surface area contributed by atoms with Crippen LogP contribution in [0.2, 0.25) is 0 Å². The Morgan fingerprint density at radius 1 is 0.656 bits per heavy atom. The predicted molar refractivity (Wildman–Crippen MR) is 114 cm³/mol. The van der Waals surface area contributed by atoms with Crippen LogP contribution in [0.1, 0.15) is 0 Å². The Morgan fingerprint density at radius 3 is 1.25 bits per heavy atom. The molecule has 0 saturated carbocycles. The highest BCUT2D eigenvalue weighted by Gasteiger charge is 2.20. The highest BCUT2D eigenvalue weighted by atomic mass is 31.2. The summed E-state index contributed by atoms with van der Waals surface area (Å²) in [6, 6.07) is 0. The molecule has 15 heteroatoms. The molecule has 0 aliphatic carbocycles. The van der Waals surface area contributed by atoms with Crippen LogP contribution in [0.25, 0.3) is 0 Å².